The van der Waals surface area contributed by atoms with Gasteiger partial charge in [0, 0.05) is 25.0 Å². The molecule has 0 saturated heterocycles. The summed E-state index contributed by atoms with van der Waals surface area (Å²) in [6.07, 6.45) is 5.18. The highest BCUT2D eigenvalue weighted by Crippen LogP contribution is 2.36. The smallest absolute Gasteiger partial charge is 0.129 e. The minimum Gasteiger partial charge on any atom is -0.469 e. The van der Waals surface area contributed by atoms with E-state index in [1.165, 1.54) is 0 Å². The molecule has 5 nitrogen and oxygen atoms in total. The number of rotatable bonds is 2. The van der Waals surface area contributed by atoms with E-state index in [4.69, 9.17) is 10.2 Å². The van der Waals surface area contributed by atoms with Crippen LogP contribution in [0, 0.1) is 6.92 Å². The van der Waals surface area contributed by atoms with Gasteiger partial charge in [0.2, 0.25) is 0 Å². The fourth-order valence-electron chi connectivity index (χ4n) is 2.11. The molecule has 3 aromatic rings. The van der Waals surface area contributed by atoms with E-state index in [0.29, 0.717) is 5.82 Å². The van der Waals surface area contributed by atoms with Crippen molar-refractivity contribution in [3.63, 3.8) is 0 Å². The van der Waals surface area contributed by atoms with Gasteiger partial charge in [-0.2, -0.15) is 5.10 Å². The predicted molar refractivity (Wildman–Crippen MR) is 73.3 cm³/mol. The highest BCUT2D eigenvalue weighted by molar-refractivity contribution is 5.87. The van der Waals surface area contributed by atoms with Crippen LogP contribution in [0.4, 0.5) is 5.82 Å². The first-order chi connectivity index (χ1) is 9.16. The monoisotopic (exact) mass is 254 g/mol. The van der Waals surface area contributed by atoms with E-state index in [9.17, 15) is 0 Å². The number of anilines is 1. The molecule has 0 amide bonds. The third kappa shape index (κ3) is 1.89. The summed E-state index contributed by atoms with van der Waals surface area (Å²) >= 11 is 0. The Hall–Kier alpha value is -2.56. The molecular formula is C14H14N4O. The molecule has 5 heteroatoms. The molecule has 0 spiro atoms. The summed E-state index contributed by atoms with van der Waals surface area (Å²) in [7, 11) is 1.83. The molecule has 0 aliphatic carbocycles. The third-order valence-electron chi connectivity index (χ3n) is 3.06. The second-order valence-corrected chi connectivity index (χ2v) is 4.41. The van der Waals surface area contributed by atoms with E-state index in [1.807, 2.05) is 32.2 Å². The second kappa shape index (κ2) is 4.28. The number of aryl methyl sites for hydroxylation is 2. The van der Waals surface area contributed by atoms with Crippen molar-refractivity contribution in [2.24, 2.45) is 7.05 Å². The van der Waals surface area contributed by atoms with Gasteiger partial charge in [-0.3, -0.25) is 9.67 Å². The Morgan fingerprint density at radius 2 is 1.95 bits per heavy atom. The number of aromatic nitrogens is 3. The first-order valence-electron chi connectivity index (χ1n) is 5.95. The number of hydrogen-bond acceptors (Lipinski definition) is 4. The van der Waals surface area contributed by atoms with E-state index in [2.05, 4.69) is 10.1 Å². The van der Waals surface area contributed by atoms with Gasteiger partial charge in [0.25, 0.3) is 0 Å². The van der Waals surface area contributed by atoms with Crippen LogP contribution < -0.4 is 5.73 Å². The zero-order chi connectivity index (χ0) is 13.4. The van der Waals surface area contributed by atoms with E-state index >= 15 is 0 Å². The van der Waals surface area contributed by atoms with Crippen molar-refractivity contribution in [1.82, 2.24) is 14.8 Å². The molecule has 0 radical (unpaired) electrons. The lowest BCUT2D eigenvalue weighted by Gasteiger charge is -2.02. The summed E-state index contributed by atoms with van der Waals surface area (Å²) < 4.78 is 7.03. The van der Waals surface area contributed by atoms with Crippen LogP contribution in [-0.2, 0) is 7.05 Å². The normalized spacial score (nSPS) is 10.8. The van der Waals surface area contributed by atoms with Crippen molar-refractivity contribution in [2.75, 3.05) is 5.73 Å². The molecular weight excluding hydrogens is 240 g/mol. The fourth-order valence-corrected chi connectivity index (χ4v) is 2.11. The molecule has 3 rings (SSSR count). The Labute approximate surface area is 110 Å². The highest BCUT2D eigenvalue weighted by atomic mass is 16.3. The van der Waals surface area contributed by atoms with Crippen LogP contribution in [0.2, 0.25) is 0 Å². The van der Waals surface area contributed by atoms with Crippen LogP contribution in [0.15, 0.2) is 41.3 Å². The average molecular weight is 254 g/mol. The van der Waals surface area contributed by atoms with Crippen LogP contribution in [0.1, 0.15) is 5.76 Å². The predicted octanol–water partition coefficient (Wildman–Crippen LogP) is 2.63. The number of hydrogen-bond donors (Lipinski definition) is 1. The summed E-state index contributed by atoms with van der Waals surface area (Å²) in [5, 5.41) is 4.48. The fraction of sp³-hybridized carbons (Fsp3) is 0.143. The molecule has 0 aliphatic heterocycles. The van der Waals surface area contributed by atoms with Crippen LogP contribution in [0.25, 0.3) is 22.4 Å². The first kappa shape index (κ1) is 11.5. The summed E-state index contributed by atoms with van der Waals surface area (Å²) in [5.74, 6) is 1.47. The molecule has 0 aliphatic rings. The molecule has 2 N–H and O–H groups in total. The lowest BCUT2D eigenvalue weighted by Crippen LogP contribution is -1.97. The number of nitrogen functional groups attached to an aromatic ring is 1. The van der Waals surface area contributed by atoms with E-state index < -0.39 is 0 Å². The molecule has 0 aromatic carbocycles. The van der Waals surface area contributed by atoms with Crippen molar-refractivity contribution < 1.29 is 4.42 Å². The van der Waals surface area contributed by atoms with Gasteiger partial charge >= 0.3 is 0 Å². The van der Waals surface area contributed by atoms with E-state index in [0.717, 1.165) is 28.1 Å². The van der Waals surface area contributed by atoms with Crippen LogP contribution >= 0.6 is 0 Å². The summed E-state index contributed by atoms with van der Waals surface area (Å²) in [5.41, 5.74) is 9.78. The number of nitrogens with zero attached hydrogens (tertiary/aromatic N) is 3. The maximum absolute atomic E-state index is 6.13. The Morgan fingerprint density at radius 1 is 1.21 bits per heavy atom. The van der Waals surface area contributed by atoms with E-state index in [-0.39, 0.29) is 0 Å². The molecule has 3 heterocycles. The number of nitrogens with two attached hydrogens (primary N) is 1. The maximum Gasteiger partial charge on any atom is 0.129 e. The van der Waals surface area contributed by atoms with Crippen LogP contribution in [0.3, 0.4) is 0 Å². The van der Waals surface area contributed by atoms with Crippen molar-refractivity contribution in [3.05, 3.63) is 42.6 Å². The van der Waals surface area contributed by atoms with Gasteiger partial charge < -0.3 is 10.2 Å². The Balaban J connectivity index is 2.24. The zero-order valence-electron chi connectivity index (χ0n) is 10.8. The van der Waals surface area contributed by atoms with Gasteiger partial charge in [-0.05, 0) is 30.7 Å². The summed E-state index contributed by atoms with van der Waals surface area (Å²) in [6, 6.07) is 5.79. The third-order valence-corrected chi connectivity index (χ3v) is 3.06. The molecule has 0 atom stereocenters. The lowest BCUT2D eigenvalue weighted by molar-refractivity contribution is 0.535. The van der Waals surface area contributed by atoms with Gasteiger partial charge in [0.15, 0.2) is 0 Å². The van der Waals surface area contributed by atoms with Crippen LogP contribution in [0.5, 0.6) is 0 Å². The van der Waals surface area contributed by atoms with Crippen molar-refractivity contribution >= 4 is 5.82 Å². The van der Waals surface area contributed by atoms with Crippen molar-refractivity contribution in [3.8, 4) is 22.4 Å². The lowest BCUT2D eigenvalue weighted by atomic mass is 10.0. The Morgan fingerprint density at radius 3 is 2.58 bits per heavy atom. The standard InChI is InChI=1S/C14H14N4O/c1-9-7-11(8-19-9)13-12(14(15)18(2)17-13)10-3-5-16-6-4-10/h3-8H,15H2,1-2H3. The van der Waals surface area contributed by atoms with Crippen molar-refractivity contribution in [2.45, 2.75) is 6.92 Å². The first-order valence-corrected chi connectivity index (χ1v) is 5.95. The van der Waals surface area contributed by atoms with Gasteiger partial charge in [-0.1, -0.05) is 0 Å². The van der Waals surface area contributed by atoms with Gasteiger partial charge in [0.1, 0.15) is 23.5 Å². The average Bonchev–Trinajstić information content (AvgIpc) is 2.96. The Bertz CT molecular complexity index is 712. The summed E-state index contributed by atoms with van der Waals surface area (Å²) in [6.45, 7) is 1.90. The molecule has 96 valence electrons. The summed E-state index contributed by atoms with van der Waals surface area (Å²) in [4.78, 5) is 4.03. The van der Waals surface area contributed by atoms with Gasteiger partial charge in [-0.25, -0.2) is 0 Å². The van der Waals surface area contributed by atoms with Gasteiger partial charge in [0.05, 0.1) is 5.56 Å². The SMILES string of the molecule is Cc1cc(-c2nn(C)c(N)c2-c2ccncc2)co1. The van der Waals surface area contributed by atoms with Crippen LogP contribution in [-0.4, -0.2) is 14.8 Å². The van der Waals surface area contributed by atoms with E-state index in [1.54, 1.807) is 23.3 Å². The Kier molecular flexibility index (Phi) is 2.59. The number of furan rings is 1. The maximum atomic E-state index is 6.13. The van der Waals surface area contributed by atoms with Gasteiger partial charge in [-0.15, -0.1) is 0 Å². The largest absolute Gasteiger partial charge is 0.469 e. The molecule has 3 aromatic heterocycles. The minimum absolute atomic E-state index is 0.625. The molecule has 0 bridgehead atoms. The molecule has 0 saturated carbocycles. The molecule has 0 fully saturated rings. The number of pyridine rings is 1. The topological polar surface area (TPSA) is 69.9 Å². The van der Waals surface area contributed by atoms with Crippen molar-refractivity contribution in [1.29, 1.82) is 0 Å². The second-order valence-electron chi connectivity index (χ2n) is 4.41. The highest BCUT2D eigenvalue weighted by Gasteiger charge is 2.18. The quantitative estimate of drug-likeness (QED) is 0.763. The molecule has 0 unspecified atom stereocenters. The zero-order valence-corrected chi connectivity index (χ0v) is 10.8. The molecule has 19 heavy (non-hydrogen) atoms. The minimum atomic E-state index is 0.625.